The number of nitrogens with zero attached hydrogens (tertiary/aromatic N) is 5. The normalized spacial score (nSPS) is 14.7. The Morgan fingerprint density at radius 1 is 1.26 bits per heavy atom. The quantitative estimate of drug-likeness (QED) is 0.786. The molecule has 3 heterocycles. The van der Waals surface area contributed by atoms with E-state index in [9.17, 15) is 0 Å². The van der Waals surface area contributed by atoms with Crippen LogP contribution in [0.4, 0.5) is 11.6 Å². The molecule has 0 bridgehead atoms. The molecule has 0 unspecified atom stereocenters. The van der Waals surface area contributed by atoms with E-state index in [2.05, 4.69) is 44.2 Å². The van der Waals surface area contributed by atoms with Crippen LogP contribution in [0.25, 0.3) is 0 Å². The van der Waals surface area contributed by atoms with Gasteiger partial charge < -0.3 is 14.7 Å². The fraction of sp³-hybridized carbons (Fsp3) is 0.625. The molecule has 0 spiro atoms. The van der Waals surface area contributed by atoms with Crippen LogP contribution >= 0.6 is 0 Å². The summed E-state index contributed by atoms with van der Waals surface area (Å²) in [6.07, 6.45) is 5.81. The molecule has 1 saturated heterocycles. The van der Waals surface area contributed by atoms with E-state index in [-0.39, 0.29) is 0 Å². The minimum atomic E-state index is 0.302. The van der Waals surface area contributed by atoms with Crippen molar-refractivity contribution < 1.29 is 4.52 Å². The lowest BCUT2D eigenvalue weighted by Crippen LogP contribution is -2.19. The Labute approximate surface area is 136 Å². The number of anilines is 2. The first-order valence-electron chi connectivity index (χ1n) is 8.36. The zero-order chi connectivity index (χ0) is 16.1. The van der Waals surface area contributed by atoms with Gasteiger partial charge in [-0.05, 0) is 19.3 Å². The molecule has 2 aromatic heterocycles. The largest absolute Gasteiger partial charge is 0.370 e. The third kappa shape index (κ3) is 4.18. The summed E-state index contributed by atoms with van der Waals surface area (Å²) in [6.45, 7) is 7.11. The van der Waals surface area contributed by atoms with Crippen molar-refractivity contribution in [3.05, 3.63) is 24.1 Å². The van der Waals surface area contributed by atoms with E-state index in [0.29, 0.717) is 11.8 Å². The number of nitrogens with one attached hydrogen (secondary N) is 1. The van der Waals surface area contributed by atoms with Gasteiger partial charge >= 0.3 is 0 Å². The lowest BCUT2D eigenvalue weighted by molar-refractivity contribution is 0.369. The molecule has 1 aliphatic heterocycles. The fourth-order valence-electron chi connectivity index (χ4n) is 2.62. The highest BCUT2D eigenvalue weighted by molar-refractivity contribution is 5.48. The summed E-state index contributed by atoms with van der Waals surface area (Å²) in [4.78, 5) is 15.3. The van der Waals surface area contributed by atoms with Gasteiger partial charge in [0.05, 0.1) is 0 Å². The number of rotatable bonds is 7. The van der Waals surface area contributed by atoms with Gasteiger partial charge in [-0.25, -0.2) is 9.97 Å². The molecule has 23 heavy (non-hydrogen) atoms. The molecule has 7 nitrogen and oxygen atoms in total. The highest BCUT2D eigenvalue weighted by atomic mass is 16.5. The van der Waals surface area contributed by atoms with Crippen molar-refractivity contribution in [1.82, 2.24) is 20.1 Å². The second-order valence-corrected chi connectivity index (χ2v) is 6.19. The van der Waals surface area contributed by atoms with Crippen molar-refractivity contribution in [3.8, 4) is 0 Å². The summed E-state index contributed by atoms with van der Waals surface area (Å²) >= 11 is 0. The molecule has 0 radical (unpaired) electrons. The smallest absolute Gasteiger partial charge is 0.226 e. The van der Waals surface area contributed by atoms with Crippen molar-refractivity contribution in [2.75, 3.05) is 29.9 Å². The maximum absolute atomic E-state index is 5.24. The van der Waals surface area contributed by atoms with Crippen molar-refractivity contribution in [2.24, 2.45) is 0 Å². The van der Waals surface area contributed by atoms with E-state index >= 15 is 0 Å². The predicted octanol–water partition coefficient (Wildman–Crippen LogP) is 2.63. The molecule has 124 valence electrons. The fourth-order valence-corrected chi connectivity index (χ4v) is 2.62. The Hall–Kier alpha value is -2.18. The van der Waals surface area contributed by atoms with Crippen LogP contribution in [0.2, 0.25) is 0 Å². The van der Waals surface area contributed by atoms with Crippen LogP contribution in [-0.4, -0.2) is 39.7 Å². The standard InChI is InChI=1S/C16H24N6O/c1-12(2)16-20-15(23-21-16)6-5-7-17-13-10-14(19-11-18-13)22-8-3-4-9-22/h10-12H,3-9H2,1-2H3,(H,17,18,19). The first-order chi connectivity index (χ1) is 11.2. The highest BCUT2D eigenvalue weighted by Crippen LogP contribution is 2.19. The molecule has 1 aliphatic rings. The van der Waals surface area contributed by atoms with Gasteiger partial charge in [0.15, 0.2) is 5.82 Å². The minimum absolute atomic E-state index is 0.302. The van der Waals surface area contributed by atoms with Crippen LogP contribution < -0.4 is 10.2 Å². The first kappa shape index (κ1) is 15.7. The number of hydrogen-bond donors (Lipinski definition) is 1. The SMILES string of the molecule is CC(C)c1noc(CCCNc2cc(N3CCCC3)ncn2)n1. The van der Waals surface area contributed by atoms with E-state index < -0.39 is 0 Å². The maximum atomic E-state index is 5.24. The van der Waals surface area contributed by atoms with Crippen LogP contribution in [0.1, 0.15) is 50.7 Å². The predicted molar refractivity (Wildman–Crippen MR) is 88.7 cm³/mol. The minimum Gasteiger partial charge on any atom is -0.370 e. The first-order valence-corrected chi connectivity index (χ1v) is 8.36. The molecule has 0 saturated carbocycles. The summed E-state index contributed by atoms with van der Waals surface area (Å²) in [5.74, 6) is 3.67. The van der Waals surface area contributed by atoms with Crippen molar-refractivity contribution >= 4 is 11.6 Å². The van der Waals surface area contributed by atoms with Crippen LogP contribution in [0.15, 0.2) is 16.9 Å². The molecule has 0 atom stereocenters. The van der Waals surface area contributed by atoms with E-state index in [1.165, 1.54) is 12.8 Å². The second kappa shape index (κ2) is 7.39. The summed E-state index contributed by atoms with van der Waals surface area (Å²) in [5.41, 5.74) is 0. The molecular formula is C16H24N6O. The van der Waals surface area contributed by atoms with Crippen LogP contribution in [0.3, 0.4) is 0 Å². The van der Waals surface area contributed by atoms with E-state index in [1.54, 1.807) is 6.33 Å². The van der Waals surface area contributed by atoms with Gasteiger partial charge in [-0.1, -0.05) is 19.0 Å². The average Bonchev–Trinajstić information content (AvgIpc) is 3.23. The summed E-state index contributed by atoms with van der Waals surface area (Å²) < 4.78 is 5.24. The third-order valence-corrected chi connectivity index (χ3v) is 3.96. The van der Waals surface area contributed by atoms with E-state index in [0.717, 1.165) is 49.9 Å². The molecule has 1 fully saturated rings. The summed E-state index contributed by atoms with van der Waals surface area (Å²) in [7, 11) is 0. The van der Waals surface area contributed by atoms with Gasteiger partial charge in [0, 0.05) is 38.0 Å². The number of aromatic nitrogens is 4. The van der Waals surface area contributed by atoms with Gasteiger partial charge in [-0.15, -0.1) is 0 Å². The molecule has 2 aromatic rings. The lowest BCUT2D eigenvalue weighted by atomic mass is 10.2. The zero-order valence-electron chi connectivity index (χ0n) is 13.8. The van der Waals surface area contributed by atoms with E-state index in [4.69, 9.17) is 4.52 Å². The lowest BCUT2D eigenvalue weighted by Gasteiger charge is -2.16. The molecule has 0 aliphatic carbocycles. The zero-order valence-corrected chi connectivity index (χ0v) is 13.8. The van der Waals surface area contributed by atoms with Gasteiger partial charge in [0.2, 0.25) is 5.89 Å². The van der Waals surface area contributed by atoms with Gasteiger partial charge in [0.1, 0.15) is 18.0 Å². The number of aryl methyl sites for hydroxylation is 1. The van der Waals surface area contributed by atoms with Crippen LogP contribution in [0, 0.1) is 0 Å². The molecule has 3 rings (SSSR count). The molecular weight excluding hydrogens is 292 g/mol. The van der Waals surface area contributed by atoms with Crippen molar-refractivity contribution in [3.63, 3.8) is 0 Å². The van der Waals surface area contributed by atoms with Crippen molar-refractivity contribution in [1.29, 1.82) is 0 Å². The Morgan fingerprint density at radius 2 is 2.09 bits per heavy atom. The summed E-state index contributed by atoms with van der Waals surface area (Å²) in [5, 5.41) is 7.32. The highest BCUT2D eigenvalue weighted by Gasteiger charge is 2.14. The Bertz CT molecular complexity index is 621. The van der Waals surface area contributed by atoms with Gasteiger partial charge in [0.25, 0.3) is 0 Å². The van der Waals surface area contributed by atoms with Crippen molar-refractivity contribution in [2.45, 2.75) is 45.4 Å². The second-order valence-electron chi connectivity index (χ2n) is 6.19. The van der Waals surface area contributed by atoms with Crippen LogP contribution in [-0.2, 0) is 6.42 Å². The van der Waals surface area contributed by atoms with Crippen LogP contribution in [0.5, 0.6) is 0 Å². The van der Waals surface area contributed by atoms with E-state index in [1.807, 2.05) is 6.07 Å². The number of hydrogen-bond acceptors (Lipinski definition) is 7. The average molecular weight is 316 g/mol. The summed E-state index contributed by atoms with van der Waals surface area (Å²) in [6, 6.07) is 2.02. The maximum Gasteiger partial charge on any atom is 0.226 e. The third-order valence-electron chi connectivity index (χ3n) is 3.96. The molecule has 0 amide bonds. The van der Waals surface area contributed by atoms with Gasteiger partial charge in [-0.2, -0.15) is 4.98 Å². The topological polar surface area (TPSA) is 80.0 Å². The Kier molecular flexibility index (Phi) is 5.05. The Morgan fingerprint density at radius 3 is 2.83 bits per heavy atom. The van der Waals surface area contributed by atoms with Gasteiger partial charge in [-0.3, -0.25) is 0 Å². The molecule has 1 N–H and O–H groups in total. The Balaban J connectivity index is 1.45. The molecule has 7 heteroatoms. The molecule has 0 aromatic carbocycles. The monoisotopic (exact) mass is 316 g/mol.